The molecule has 12 aromatic carbocycles. The number of para-hydroxylation sites is 2. The smallest absolute Gasteiger partial charge is 0.137 e. The van der Waals surface area contributed by atoms with Crippen molar-refractivity contribution in [3.8, 4) is 67.5 Å². The van der Waals surface area contributed by atoms with Gasteiger partial charge in [-0.1, -0.05) is 152 Å². The monoisotopic (exact) mass is 894 g/mol. The maximum absolute atomic E-state index is 7.09. The molecule has 0 N–H and O–H groups in total. The van der Waals surface area contributed by atoms with E-state index in [1.54, 1.807) is 0 Å². The van der Waals surface area contributed by atoms with Crippen LogP contribution in [0.25, 0.3) is 76.8 Å². The molecule has 0 fully saturated rings. The van der Waals surface area contributed by atoms with Crippen LogP contribution in [0.15, 0.2) is 255 Å². The Balaban J connectivity index is 0.925. The molecule has 0 atom stereocenters. The van der Waals surface area contributed by atoms with E-state index in [2.05, 4.69) is 265 Å². The number of rotatable bonds is 8. The predicted octanol–water partition coefficient (Wildman–Crippen LogP) is 19.0. The van der Waals surface area contributed by atoms with Gasteiger partial charge in [0.25, 0.3) is 0 Å². The highest BCUT2D eigenvalue weighted by Crippen LogP contribution is 2.57. The van der Waals surface area contributed by atoms with Gasteiger partial charge in [0.05, 0.1) is 11.4 Å². The van der Waals surface area contributed by atoms with Crippen molar-refractivity contribution < 1.29 is 9.47 Å². The van der Waals surface area contributed by atoms with Crippen molar-refractivity contribution in [3.05, 3.63) is 255 Å². The summed E-state index contributed by atoms with van der Waals surface area (Å²) in [5.41, 5.74) is 15.2. The van der Waals surface area contributed by atoms with Crippen LogP contribution in [0.2, 0.25) is 0 Å². The number of benzene rings is 12. The van der Waals surface area contributed by atoms with Crippen LogP contribution in [0.4, 0.5) is 34.1 Å². The first kappa shape index (κ1) is 39.8. The van der Waals surface area contributed by atoms with Crippen molar-refractivity contribution in [2.75, 3.05) is 9.80 Å². The van der Waals surface area contributed by atoms with E-state index in [-0.39, 0.29) is 0 Å². The van der Waals surface area contributed by atoms with E-state index >= 15 is 0 Å². The molecular weight excluding hydrogens is 853 g/mol. The van der Waals surface area contributed by atoms with Crippen molar-refractivity contribution in [2.24, 2.45) is 0 Å². The van der Waals surface area contributed by atoms with Gasteiger partial charge in [-0.25, -0.2) is 0 Å². The summed E-state index contributed by atoms with van der Waals surface area (Å²) in [5.74, 6) is 3.24. The number of nitrogens with zero attached hydrogens (tertiary/aromatic N) is 2. The molecule has 14 rings (SSSR count). The topological polar surface area (TPSA) is 24.9 Å². The van der Waals surface area contributed by atoms with Crippen molar-refractivity contribution in [1.82, 2.24) is 0 Å². The Morgan fingerprint density at radius 1 is 0.243 bits per heavy atom. The molecule has 0 radical (unpaired) electrons. The molecule has 0 aliphatic carbocycles. The van der Waals surface area contributed by atoms with Crippen LogP contribution in [-0.4, -0.2) is 0 Å². The molecule has 0 bridgehead atoms. The van der Waals surface area contributed by atoms with Crippen molar-refractivity contribution in [3.63, 3.8) is 0 Å². The van der Waals surface area contributed by atoms with Crippen molar-refractivity contribution >= 4 is 66.4 Å². The average Bonchev–Trinajstić information content (AvgIpc) is 3.43. The van der Waals surface area contributed by atoms with Gasteiger partial charge in [0, 0.05) is 67.7 Å². The van der Waals surface area contributed by atoms with Crippen LogP contribution in [-0.2, 0) is 0 Å². The van der Waals surface area contributed by atoms with Crippen LogP contribution in [0, 0.1) is 0 Å². The molecule has 2 aliphatic heterocycles. The Morgan fingerprint density at radius 3 is 1.33 bits per heavy atom. The molecule has 4 heteroatoms. The third kappa shape index (κ3) is 6.46. The standard InChI is InChI=1S/C66H42N2O2/c1-5-17-43(18-6-1)45-29-36-59(58(39-45)44-19-7-2-8-20-44)68(60-40-46-21-13-14-26-51(46)52-27-15-16-28-53(52)60)50-31-33-55-57-35-37-61-65-56(34-38-62(66(57)65)70-64(55)42-50)54-32-30-49(41-63(54)69-61)67(47-22-9-3-10-23-47)48-24-11-4-12-25-48/h1-42H. The Bertz CT molecular complexity index is 3960. The minimum absolute atomic E-state index is 0.800. The van der Waals surface area contributed by atoms with Gasteiger partial charge >= 0.3 is 0 Å². The van der Waals surface area contributed by atoms with E-state index in [9.17, 15) is 0 Å². The average molecular weight is 895 g/mol. The summed E-state index contributed by atoms with van der Waals surface area (Å²) in [6.07, 6.45) is 0. The zero-order chi connectivity index (χ0) is 46.1. The number of anilines is 6. The molecule has 0 saturated heterocycles. The molecule has 0 spiro atoms. The normalized spacial score (nSPS) is 11.9. The van der Waals surface area contributed by atoms with Gasteiger partial charge in [0.15, 0.2) is 0 Å². The quantitative estimate of drug-likeness (QED) is 0.142. The lowest BCUT2D eigenvalue weighted by molar-refractivity contribution is 0.480. The fourth-order valence-corrected chi connectivity index (χ4v) is 10.8. The summed E-state index contributed by atoms with van der Waals surface area (Å²) >= 11 is 0. The van der Waals surface area contributed by atoms with E-state index in [1.165, 1.54) is 21.7 Å². The fraction of sp³-hybridized carbons (Fsp3) is 0. The van der Waals surface area contributed by atoms with E-state index in [0.29, 0.717) is 0 Å². The van der Waals surface area contributed by atoms with Crippen LogP contribution >= 0.6 is 0 Å². The highest BCUT2D eigenvalue weighted by atomic mass is 16.5. The minimum atomic E-state index is 0.800. The molecule has 70 heavy (non-hydrogen) atoms. The fourth-order valence-electron chi connectivity index (χ4n) is 10.8. The molecule has 2 aliphatic rings. The second-order valence-corrected chi connectivity index (χ2v) is 18.0. The summed E-state index contributed by atoms with van der Waals surface area (Å²) in [6, 6.07) is 91.0. The zero-order valence-corrected chi connectivity index (χ0v) is 38.0. The first-order valence-corrected chi connectivity index (χ1v) is 23.8. The SMILES string of the molecule is c1ccc(-c2ccc(N(c3ccc4c(c3)Oc3ccc5c6c(ccc-4c36)Oc3cc(N(c4ccccc4)c4ccccc4)ccc3-5)c3cc4ccccc4c4ccccc34)c(-c3ccccc3)c2)cc1. The van der Waals surface area contributed by atoms with Gasteiger partial charge in [0.2, 0.25) is 0 Å². The summed E-state index contributed by atoms with van der Waals surface area (Å²) in [7, 11) is 0. The van der Waals surface area contributed by atoms with E-state index in [4.69, 9.17) is 9.47 Å². The Hall–Kier alpha value is -9.38. The second kappa shape index (κ2) is 16.2. The van der Waals surface area contributed by atoms with Gasteiger partial charge < -0.3 is 19.3 Å². The molecule has 328 valence electrons. The number of ether oxygens (including phenoxy) is 2. The molecule has 2 heterocycles. The molecule has 4 nitrogen and oxygen atoms in total. The Kier molecular flexibility index (Phi) is 9.17. The van der Waals surface area contributed by atoms with E-state index in [0.717, 1.165) is 112 Å². The van der Waals surface area contributed by atoms with Crippen LogP contribution in [0.1, 0.15) is 0 Å². The highest BCUT2D eigenvalue weighted by molar-refractivity contribution is 6.16. The maximum Gasteiger partial charge on any atom is 0.137 e. The van der Waals surface area contributed by atoms with Crippen LogP contribution in [0.3, 0.4) is 0 Å². The molecule has 0 saturated carbocycles. The minimum Gasteiger partial charge on any atom is -0.456 e. The van der Waals surface area contributed by atoms with Gasteiger partial charge in [0.1, 0.15) is 23.0 Å². The largest absolute Gasteiger partial charge is 0.456 e. The summed E-state index contributed by atoms with van der Waals surface area (Å²) in [6.45, 7) is 0. The van der Waals surface area contributed by atoms with Crippen LogP contribution < -0.4 is 19.3 Å². The third-order valence-corrected chi connectivity index (χ3v) is 14.0. The lowest BCUT2D eigenvalue weighted by Crippen LogP contribution is -2.13. The molecule has 0 amide bonds. The third-order valence-electron chi connectivity index (χ3n) is 14.0. The highest BCUT2D eigenvalue weighted by Gasteiger charge is 2.30. The first-order chi connectivity index (χ1) is 34.7. The number of hydrogen-bond donors (Lipinski definition) is 0. The van der Waals surface area contributed by atoms with Gasteiger partial charge in [-0.2, -0.15) is 0 Å². The summed E-state index contributed by atoms with van der Waals surface area (Å²) < 4.78 is 14.0. The Labute approximate surface area is 406 Å². The predicted molar refractivity (Wildman–Crippen MR) is 290 cm³/mol. The molecule has 0 unspecified atom stereocenters. The van der Waals surface area contributed by atoms with Crippen molar-refractivity contribution in [1.29, 1.82) is 0 Å². The van der Waals surface area contributed by atoms with Gasteiger partial charge in [-0.05, 0) is 135 Å². The molecule has 12 aromatic rings. The van der Waals surface area contributed by atoms with E-state index in [1.807, 2.05) is 0 Å². The molecular formula is C66H42N2O2. The van der Waals surface area contributed by atoms with Gasteiger partial charge in [-0.3, -0.25) is 0 Å². The number of fused-ring (bicyclic) bond motifs is 7. The Morgan fingerprint density at radius 2 is 0.729 bits per heavy atom. The van der Waals surface area contributed by atoms with Crippen molar-refractivity contribution in [2.45, 2.75) is 0 Å². The lowest BCUT2D eigenvalue weighted by atomic mass is 9.88. The zero-order valence-electron chi connectivity index (χ0n) is 38.0. The maximum atomic E-state index is 7.09. The first-order valence-electron chi connectivity index (χ1n) is 23.8. The lowest BCUT2D eigenvalue weighted by Gasteiger charge is -2.32. The summed E-state index contributed by atoms with van der Waals surface area (Å²) in [5, 5.41) is 6.88. The number of hydrogen-bond acceptors (Lipinski definition) is 4. The summed E-state index contributed by atoms with van der Waals surface area (Å²) in [4.78, 5) is 4.70. The van der Waals surface area contributed by atoms with E-state index < -0.39 is 0 Å². The van der Waals surface area contributed by atoms with Gasteiger partial charge in [-0.15, -0.1) is 0 Å². The molecule has 0 aromatic heterocycles. The van der Waals surface area contributed by atoms with Crippen LogP contribution in [0.5, 0.6) is 23.0 Å². The second-order valence-electron chi connectivity index (χ2n) is 18.0.